The second kappa shape index (κ2) is 8.65. The van der Waals surface area contributed by atoms with Gasteiger partial charge < -0.3 is 15.0 Å². The van der Waals surface area contributed by atoms with E-state index in [4.69, 9.17) is 4.74 Å². The third kappa shape index (κ3) is 4.73. The third-order valence-corrected chi connectivity index (χ3v) is 4.71. The molecule has 0 spiro atoms. The molecule has 1 aliphatic rings. The summed E-state index contributed by atoms with van der Waals surface area (Å²) in [5.41, 5.74) is 1.39. The molecule has 28 heavy (non-hydrogen) atoms. The molecule has 1 heterocycles. The van der Waals surface area contributed by atoms with E-state index in [0.29, 0.717) is 5.69 Å². The normalized spacial score (nSPS) is 17.3. The lowest BCUT2D eigenvalue weighted by molar-refractivity contribution is -0.151. The maximum atomic E-state index is 12.9. The average molecular weight is 384 g/mol. The highest BCUT2D eigenvalue weighted by atomic mass is 19.1. The molecular weight excluding hydrogens is 363 g/mol. The number of carbonyl (C=O) groups is 3. The van der Waals surface area contributed by atoms with Gasteiger partial charge >= 0.3 is 5.97 Å². The topological polar surface area (TPSA) is 75.7 Å². The van der Waals surface area contributed by atoms with Crippen molar-refractivity contribution in [3.63, 3.8) is 0 Å². The summed E-state index contributed by atoms with van der Waals surface area (Å²) in [4.78, 5) is 38.1. The van der Waals surface area contributed by atoms with Crippen LogP contribution < -0.4 is 5.32 Å². The van der Waals surface area contributed by atoms with Crippen LogP contribution in [0, 0.1) is 11.7 Å². The van der Waals surface area contributed by atoms with Crippen molar-refractivity contribution in [1.29, 1.82) is 0 Å². The van der Waals surface area contributed by atoms with E-state index in [1.165, 1.54) is 24.3 Å². The molecular formula is C21H21FN2O4. The summed E-state index contributed by atoms with van der Waals surface area (Å²) >= 11 is 0. The molecule has 1 saturated heterocycles. The highest BCUT2D eigenvalue weighted by Gasteiger charge is 2.38. The van der Waals surface area contributed by atoms with E-state index in [1.54, 1.807) is 4.90 Å². The minimum absolute atomic E-state index is 0.0651. The average Bonchev–Trinajstić information content (AvgIpc) is 3.10. The molecule has 0 unspecified atom stereocenters. The van der Waals surface area contributed by atoms with Gasteiger partial charge in [-0.05, 0) is 36.8 Å². The van der Waals surface area contributed by atoms with E-state index < -0.39 is 30.2 Å². The number of nitrogens with zero attached hydrogens (tertiary/aromatic N) is 1. The Morgan fingerprint density at radius 3 is 2.54 bits per heavy atom. The molecule has 3 rings (SSSR count). The highest BCUT2D eigenvalue weighted by Crippen LogP contribution is 2.28. The Hall–Kier alpha value is -3.22. The first-order valence-electron chi connectivity index (χ1n) is 9.00. The van der Waals surface area contributed by atoms with Crippen LogP contribution in [0.5, 0.6) is 0 Å². The molecule has 6 nitrogen and oxygen atoms in total. The van der Waals surface area contributed by atoms with Gasteiger partial charge in [-0.3, -0.25) is 14.4 Å². The number of esters is 1. The van der Waals surface area contributed by atoms with Crippen molar-refractivity contribution in [2.75, 3.05) is 18.5 Å². The zero-order valence-electron chi connectivity index (χ0n) is 15.4. The minimum Gasteiger partial charge on any atom is -0.455 e. The molecule has 1 N–H and O–H groups in total. The van der Waals surface area contributed by atoms with Gasteiger partial charge in [0.15, 0.2) is 6.61 Å². The second-order valence-corrected chi connectivity index (χ2v) is 6.70. The summed E-state index contributed by atoms with van der Waals surface area (Å²) in [5, 5.41) is 2.51. The fraction of sp³-hybridized carbons (Fsp3) is 0.286. The van der Waals surface area contributed by atoms with Gasteiger partial charge in [0.1, 0.15) is 5.82 Å². The summed E-state index contributed by atoms with van der Waals surface area (Å²) < 4.78 is 17.9. The molecule has 7 heteroatoms. The lowest BCUT2D eigenvalue weighted by Crippen LogP contribution is -2.30. The summed E-state index contributed by atoms with van der Waals surface area (Å²) in [6, 6.07) is 14.7. The van der Waals surface area contributed by atoms with Gasteiger partial charge in [-0.15, -0.1) is 0 Å². The molecule has 0 saturated carbocycles. The Bertz CT molecular complexity index is 854. The van der Waals surface area contributed by atoms with Crippen molar-refractivity contribution in [2.45, 2.75) is 19.4 Å². The SMILES string of the molecule is C[C@H](c1ccccc1)N1C[C@@H](C(=O)OCC(=O)Nc2ccc(F)cc2)CC1=O. The maximum Gasteiger partial charge on any atom is 0.311 e. The summed E-state index contributed by atoms with van der Waals surface area (Å²) in [5.74, 6) is -2.24. The molecule has 1 fully saturated rings. The molecule has 0 aliphatic carbocycles. The fourth-order valence-electron chi connectivity index (χ4n) is 3.16. The van der Waals surface area contributed by atoms with Crippen molar-refractivity contribution < 1.29 is 23.5 Å². The lowest BCUT2D eigenvalue weighted by atomic mass is 10.1. The van der Waals surface area contributed by atoms with Crippen LogP contribution >= 0.6 is 0 Å². The molecule has 0 bridgehead atoms. The number of likely N-dealkylation sites (tertiary alicyclic amines) is 1. The molecule has 2 aromatic rings. The monoisotopic (exact) mass is 384 g/mol. The van der Waals surface area contributed by atoms with E-state index in [0.717, 1.165) is 5.56 Å². The van der Waals surface area contributed by atoms with E-state index >= 15 is 0 Å². The number of rotatable bonds is 6. The van der Waals surface area contributed by atoms with Gasteiger partial charge in [-0.1, -0.05) is 30.3 Å². The zero-order chi connectivity index (χ0) is 20.1. The van der Waals surface area contributed by atoms with Crippen LogP contribution in [-0.4, -0.2) is 35.8 Å². The van der Waals surface area contributed by atoms with E-state index in [-0.39, 0.29) is 24.9 Å². The van der Waals surface area contributed by atoms with Crippen molar-refractivity contribution in [2.24, 2.45) is 5.92 Å². The Kier molecular flexibility index (Phi) is 6.03. The Morgan fingerprint density at radius 2 is 1.86 bits per heavy atom. The first-order chi connectivity index (χ1) is 13.4. The van der Waals surface area contributed by atoms with Crippen LogP contribution in [0.25, 0.3) is 0 Å². The highest BCUT2D eigenvalue weighted by molar-refractivity contribution is 5.93. The lowest BCUT2D eigenvalue weighted by Gasteiger charge is -2.25. The number of carbonyl (C=O) groups excluding carboxylic acids is 3. The number of anilines is 1. The number of hydrogen-bond donors (Lipinski definition) is 1. The number of hydrogen-bond acceptors (Lipinski definition) is 4. The predicted octanol–water partition coefficient (Wildman–Crippen LogP) is 2.92. The van der Waals surface area contributed by atoms with Crippen molar-refractivity contribution in [3.05, 3.63) is 66.0 Å². The number of nitrogens with one attached hydrogen (secondary N) is 1. The number of amides is 2. The van der Waals surface area contributed by atoms with E-state index in [1.807, 2.05) is 37.3 Å². The first kappa shape index (κ1) is 19.5. The van der Waals surface area contributed by atoms with Crippen LogP contribution in [0.4, 0.5) is 10.1 Å². The smallest absolute Gasteiger partial charge is 0.311 e. The first-order valence-corrected chi connectivity index (χ1v) is 9.00. The fourth-order valence-corrected chi connectivity index (χ4v) is 3.16. The summed E-state index contributed by atoms with van der Waals surface area (Å²) in [7, 11) is 0. The van der Waals surface area contributed by atoms with Crippen molar-refractivity contribution >= 4 is 23.5 Å². The number of ether oxygens (including phenoxy) is 1. The van der Waals surface area contributed by atoms with Gasteiger partial charge in [0.2, 0.25) is 5.91 Å². The van der Waals surface area contributed by atoms with Crippen LogP contribution in [0.3, 0.4) is 0 Å². The van der Waals surface area contributed by atoms with Gasteiger partial charge in [0.25, 0.3) is 5.91 Å². The molecule has 2 amide bonds. The van der Waals surface area contributed by atoms with Crippen molar-refractivity contribution in [1.82, 2.24) is 4.90 Å². The molecule has 2 aromatic carbocycles. The van der Waals surface area contributed by atoms with Gasteiger partial charge in [-0.25, -0.2) is 4.39 Å². The zero-order valence-corrected chi connectivity index (χ0v) is 15.4. The van der Waals surface area contributed by atoms with E-state index in [9.17, 15) is 18.8 Å². The molecule has 1 aliphatic heterocycles. The number of benzene rings is 2. The van der Waals surface area contributed by atoms with Crippen molar-refractivity contribution in [3.8, 4) is 0 Å². The van der Waals surface area contributed by atoms with Crippen LogP contribution in [0.2, 0.25) is 0 Å². The van der Waals surface area contributed by atoms with Gasteiger partial charge in [0, 0.05) is 18.7 Å². The Morgan fingerprint density at radius 1 is 1.18 bits per heavy atom. The van der Waals surface area contributed by atoms with Crippen LogP contribution in [-0.2, 0) is 19.1 Å². The second-order valence-electron chi connectivity index (χ2n) is 6.70. The molecule has 0 radical (unpaired) electrons. The Labute approximate surface area is 162 Å². The predicted molar refractivity (Wildman–Crippen MR) is 101 cm³/mol. The van der Waals surface area contributed by atoms with E-state index in [2.05, 4.69) is 5.32 Å². The minimum atomic E-state index is -0.600. The summed E-state index contributed by atoms with van der Waals surface area (Å²) in [6.45, 7) is 1.71. The standard InChI is InChI=1S/C21H21FN2O4/c1-14(15-5-3-2-4-6-15)24-12-16(11-20(24)26)21(27)28-13-19(25)23-18-9-7-17(22)8-10-18/h2-10,14,16H,11-13H2,1H3,(H,23,25)/t14-,16+/m1/s1. The quantitative estimate of drug-likeness (QED) is 0.777. The van der Waals surface area contributed by atoms with Crippen LogP contribution in [0.15, 0.2) is 54.6 Å². The molecule has 2 atom stereocenters. The number of halogens is 1. The Balaban J connectivity index is 1.50. The van der Waals surface area contributed by atoms with Gasteiger partial charge in [-0.2, -0.15) is 0 Å². The molecule has 0 aromatic heterocycles. The third-order valence-electron chi connectivity index (χ3n) is 4.71. The summed E-state index contributed by atoms with van der Waals surface area (Å²) in [6.07, 6.45) is 0.0651. The maximum absolute atomic E-state index is 12.9. The van der Waals surface area contributed by atoms with Crippen LogP contribution in [0.1, 0.15) is 24.9 Å². The molecule has 146 valence electrons. The van der Waals surface area contributed by atoms with Gasteiger partial charge in [0.05, 0.1) is 12.0 Å². The largest absolute Gasteiger partial charge is 0.455 e.